The maximum Gasteiger partial charge on any atom is 0.271 e. The predicted octanol–water partition coefficient (Wildman–Crippen LogP) is 2.24. The van der Waals surface area contributed by atoms with Gasteiger partial charge in [0.25, 0.3) is 5.69 Å². The lowest BCUT2D eigenvalue weighted by molar-refractivity contribution is -0.384. The predicted molar refractivity (Wildman–Crippen MR) is 94.7 cm³/mol. The number of anilines is 1. The first-order valence-corrected chi connectivity index (χ1v) is 8.53. The first-order valence-electron chi connectivity index (χ1n) is 8.15. The highest BCUT2D eigenvalue weighted by atomic mass is 35.5. The number of benzene rings is 1. The van der Waals surface area contributed by atoms with E-state index in [0.717, 1.165) is 45.0 Å². The zero-order valence-corrected chi connectivity index (χ0v) is 14.8. The van der Waals surface area contributed by atoms with Crippen LogP contribution in [0.25, 0.3) is 0 Å². The summed E-state index contributed by atoms with van der Waals surface area (Å²) < 4.78 is 0. The van der Waals surface area contributed by atoms with Crippen LogP contribution in [0, 0.1) is 10.1 Å². The summed E-state index contributed by atoms with van der Waals surface area (Å²) in [5.41, 5.74) is 0.796. The third kappa shape index (κ3) is 4.36. The second-order valence-electron chi connectivity index (χ2n) is 5.72. The molecule has 1 amide bonds. The third-order valence-electron chi connectivity index (χ3n) is 4.33. The maximum atomic E-state index is 12.2. The Labute approximate surface area is 146 Å². The van der Waals surface area contributed by atoms with Gasteiger partial charge in [-0.3, -0.25) is 19.8 Å². The van der Waals surface area contributed by atoms with Crippen molar-refractivity contribution in [3.8, 4) is 0 Å². The van der Waals surface area contributed by atoms with E-state index in [4.69, 9.17) is 11.6 Å². The van der Waals surface area contributed by atoms with E-state index in [-0.39, 0.29) is 11.6 Å². The molecule has 0 aromatic heterocycles. The van der Waals surface area contributed by atoms with Gasteiger partial charge in [0.05, 0.1) is 22.2 Å². The van der Waals surface area contributed by atoms with Crippen molar-refractivity contribution in [2.24, 2.45) is 0 Å². The van der Waals surface area contributed by atoms with Crippen molar-refractivity contribution < 1.29 is 9.72 Å². The molecule has 0 radical (unpaired) electrons. The van der Waals surface area contributed by atoms with Crippen LogP contribution in [0.3, 0.4) is 0 Å². The lowest BCUT2D eigenvalue weighted by Gasteiger charge is -2.36. The number of rotatable bonds is 6. The van der Waals surface area contributed by atoms with E-state index < -0.39 is 4.92 Å². The van der Waals surface area contributed by atoms with Crippen molar-refractivity contribution in [2.75, 3.05) is 50.7 Å². The van der Waals surface area contributed by atoms with Gasteiger partial charge in [0.2, 0.25) is 5.91 Å². The van der Waals surface area contributed by atoms with Gasteiger partial charge in [-0.25, -0.2) is 0 Å². The molecule has 2 rings (SSSR count). The molecular weight excluding hydrogens is 332 g/mol. The average molecular weight is 355 g/mol. The topological polar surface area (TPSA) is 69.9 Å². The summed E-state index contributed by atoms with van der Waals surface area (Å²) >= 11 is 6.19. The Morgan fingerprint density at radius 3 is 2.38 bits per heavy atom. The van der Waals surface area contributed by atoms with Crippen LogP contribution in [0.4, 0.5) is 11.4 Å². The van der Waals surface area contributed by atoms with Crippen LogP contribution in [0.5, 0.6) is 0 Å². The van der Waals surface area contributed by atoms with E-state index in [9.17, 15) is 14.9 Å². The van der Waals surface area contributed by atoms with E-state index in [1.165, 1.54) is 12.1 Å². The zero-order chi connectivity index (χ0) is 17.7. The van der Waals surface area contributed by atoms with Gasteiger partial charge in [-0.05, 0) is 19.9 Å². The summed E-state index contributed by atoms with van der Waals surface area (Å²) in [5.74, 6) is 0.154. The number of piperazine rings is 1. The molecule has 8 heteroatoms. The summed E-state index contributed by atoms with van der Waals surface area (Å²) in [6.07, 6.45) is 0. The van der Waals surface area contributed by atoms with Crippen molar-refractivity contribution in [2.45, 2.75) is 13.8 Å². The van der Waals surface area contributed by atoms with Gasteiger partial charge >= 0.3 is 0 Å². The number of hydrogen-bond donors (Lipinski definition) is 0. The normalized spacial score (nSPS) is 15.4. The molecular formula is C16H23ClN4O3. The molecule has 24 heavy (non-hydrogen) atoms. The van der Waals surface area contributed by atoms with E-state index in [1.54, 1.807) is 6.07 Å². The second kappa shape index (κ2) is 8.30. The van der Waals surface area contributed by atoms with E-state index in [1.807, 2.05) is 18.7 Å². The molecule has 7 nitrogen and oxygen atoms in total. The molecule has 1 aromatic rings. The fraction of sp³-hybridized carbons (Fsp3) is 0.562. The first kappa shape index (κ1) is 18.5. The van der Waals surface area contributed by atoms with Crippen LogP contribution in [0.1, 0.15) is 13.8 Å². The highest BCUT2D eigenvalue weighted by Crippen LogP contribution is 2.30. The molecule has 0 saturated carbocycles. The fourth-order valence-electron chi connectivity index (χ4n) is 2.88. The minimum atomic E-state index is -0.452. The third-order valence-corrected chi connectivity index (χ3v) is 4.63. The Morgan fingerprint density at radius 2 is 1.88 bits per heavy atom. The number of non-ortho nitro benzene ring substituents is 1. The molecule has 1 aromatic carbocycles. The monoisotopic (exact) mass is 354 g/mol. The number of amides is 1. The van der Waals surface area contributed by atoms with Gasteiger partial charge in [0, 0.05) is 51.4 Å². The van der Waals surface area contributed by atoms with Crippen molar-refractivity contribution in [1.29, 1.82) is 0 Å². The second-order valence-corrected chi connectivity index (χ2v) is 6.13. The quantitative estimate of drug-likeness (QED) is 0.578. The molecule has 1 aliphatic heterocycles. The Kier molecular flexibility index (Phi) is 6.39. The van der Waals surface area contributed by atoms with Crippen LogP contribution >= 0.6 is 11.6 Å². The van der Waals surface area contributed by atoms with Crippen LogP contribution < -0.4 is 4.90 Å². The number of carbonyl (C=O) groups excluding carboxylic acids is 1. The van der Waals surface area contributed by atoms with Gasteiger partial charge < -0.3 is 9.80 Å². The number of likely N-dealkylation sites (N-methyl/N-ethyl adjacent to an activating group) is 1. The lowest BCUT2D eigenvalue weighted by atomic mass is 10.2. The van der Waals surface area contributed by atoms with Crippen LogP contribution in [-0.4, -0.2) is 66.4 Å². The van der Waals surface area contributed by atoms with Crippen molar-refractivity contribution in [1.82, 2.24) is 9.80 Å². The number of nitro benzene ring substituents is 1. The fourth-order valence-corrected chi connectivity index (χ4v) is 3.17. The van der Waals surface area contributed by atoms with Crippen LogP contribution in [-0.2, 0) is 4.79 Å². The van der Waals surface area contributed by atoms with E-state index >= 15 is 0 Å². The molecule has 132 valence electrons. The lowest BCUT2D eigenvalue weighted by Crippen LogP contribution is -2.50. The summed E-state index contributed by atoms with van der Waals surface area (Å²) in [4.78, 5) is 28.6. The van der Waals surface area contributed by atoms with Crippen molar-refractivity contribution >= 4 is 28.9 Å². The van der Waals surface area contributed by atoms with Gasteiger partial charge in [0.1, 0.15) is 0 Å². The van der Waals surface area contributed by atoms with Crippen LogP contribution in [0.15, 0.2) is 18.2 Å². The Bertz CT molecular complexity index is 599. The van der Waals surface area contributed by atoms with E-state index in [0.29, 0.717) is 11.6 Å². The van der Waals surface area contributed by atoms with E-state index in [2.05, 4.69) is 9.80 Å². The minimum absolute atomic E-state index is 0.00722. The molecule has 0 unspecified atom stereocenters. The number of halogens is 1. The summed E-state index contributed by atoms with van der Waals surface area (Å²) in [6.45, 7) is 8.86. The average Bonchev–Trinajstić information content (AvgIpc) is 2.56. The zero-order valence-electron chi connectivity index (χ0n) is 14.1. The highest BCUT2D eigenvalue weighted by molar-refractivity contribution is 6.33. The van der Waals surface area contributed by atoms with Gasteiger partial charge in [-0.15, -0.1) is 0 Å². The molecule has 0 spiro atoms. The standard InChI is InChI=1S/C16H23ClN4O3/c1-3-19(4-2)16(22)12-18-7-9-20(10-8-18)15-6-5-13(21(23)24)11-14(15)17/h5-6,11H,3-4,7-10,12H2,1-2H3. The number of nitrogens with zero attached hydrogens (tertiary/aromatic N) is 4. The number of nitro groups is 1. The highest BCUT2D eigenvalue weighted by Gasteiger charge is 2.22. The Morgan fingerprint density at radius 1 is 1.25 bits per heavy atom. The molecule has 0 bridgehead atoms. The summed E-state index contributed by atoms with van der Waals surface area (Å²) in [5, 5.41) is 11.2. The Hall–Kier alpha value is -1.86. The summed E-state index contributed by atoms with van der Waals surface area (Å²) in [7, 11) is 0. The summed E-state index contributed by atoms with van der Waals surface area (Å²) in [6, 6.07) is 4.54. The van der Waals surface area contributed by atoms with Gasteiger partial charge in [0.15, 0.2) is 0 Å². The molecule has 0 N–H and O–H groups in total. The molecule has 1 aliphatic rings. The molecule has 1 saturated heterocycles. The minimum Gasteiger partial charge on any atom is -0.368 e. The smallest absolute Gasteiger partial charge is 0.271 e. The molecule has 0 atom stereocenters. The number of carbonyl (C=O) groups is 1. The molecule has 1 heterocycles. The maximum absolute atomic E-state index is 12.2. The molecule has 1 fully saturated rings. The molecule has 0 aliphatic carbocycles. The number of hydrogen-bond acceptors (Lipinski definition) is 5. The van der Waals surface area contributed by atoms with Gasteiger partial charge in [-0.1, -0.05) is 11.6 Å². The SMILES string of the molecule is CCN(CC)C(=O)CN1CCN(c2ccc([N+](=O)[O-])cc2Cl)CC1. The van der Waals surface area contributed by atoms with Gasteiger partial charge in [-0.2, -0.15) is 0 Å². The first-order chi connectivity index (χ1) is 11.5. The van der Waals surface area contributed by atoms with Crippen molar-refractivity contribution in [3.05, 3.63) is 33.3 Å². The largest absolute Gasteiger partial charge is 0.368 e. The van der Waals surface area contributed by atoms with Crippen LogP contribution in [0.2, 0.25) is 5.02 Å². The Balaban J connectivity index is 1.93. The van der Waals surface area contributed by atoms with Crippen molar-refractivity contribution in [3.63, 3.8) is 0 Å².